The molecule has 5 heteroatoms. The van der Waals surface area contributed by atoms with E-state index in [-0.39, 0.29) is 15.9 Å². The number of H-pyrrole nitrogens is 1. The molecule has 0 fully saturated rings. The number of aromatic amines is 1. The quantitative estimate of drug-likeness (QED) is 0.813. The van der Waals surface area contributed by atoms with Gasteiger partial charge in [-0.15, -0.1) is 6.42 Å². The molecule has 1 N–H and O–H groups in total. The van der Waals surface area contributed by atoms with E-state index in [4.69, 9.17) is 11.2 Å². The monoisotopic (exact) mass is 256 g/mol. The van der Waals surface area contributed by atoms with Crippen molar-refractivity contribution in [3.8, 4) is 18.2 Å². The average Bonchev–Trinajstić information content (AvgIpc) is 2.13. The lowest BCUT2D eigenvalue weighted by Crippen LogP contribution is -2.27. The van der Waals surface area contributed by atoms with Crippen LogP contribution in [-0.2, 0) is 0 Å². The number of nitrogens with zero attached hydrogens (tertiary/aromatic N) is 1. The molecule has 0 unspecified atom stereocenters. The van der Waals surface area contributed by atoms with Crippen LogP contribution in [0.2, 0.25) is 0 Å². The molecule has 0 amide bonds. The second kappa shape index (κ2) is 3.84. The summed E-state index contributed by atoms with van der Waals surface area (Å²) in [5.74, 6) is 2.63. The fourth-order valence-corrected chi connectivity index (χ4v) is 1.01. The highest BCUT2D eigenvalue weighted by Gasteiger charge is 2.19. The molecule has 1 aromatic heterocycles. The Bertz CT molecular complexity index is 431. The van der Waals surface area contributed by atoms with Crippen LogP contribution in [0.5, 0.6) is 5.88 Å². The summed E-state index contributed by atoms with van der Waals surface area (Å²) in [6.45, 7) is 3.42. The summed E-state index contributed by atoms with van der Waals surface area (Å²) in [7, 11) is 0. The summed E-state index contributed by atoms with van der Waals surface area (Å²) >= 11 is 3.06. The van der Waals surface area contributed by atoms with Crippen molar-refractivity contribution in [3.05, 3.63) is 21.2 Å². The van der Waals surface area contributed by atoms with Crippen LogP contribution in [0.15, 0.2) is 15.6 Å². The van der Waals surface area contributed by atoms with Gasteiger partial charge < -0.3 is 9.72 Å². The Balaban J connectivity index is 3.06. The van der Waals surface area contributed by atoms with Gasteiger partial charge in [0, 0.05) is 0 Å². The molecule has 0 atom stereocenters. The fourth-order valence-electron chi connectivity index (χ4n) is 0.709. The van der Waals surface area contributed by atoms with Crippen molar-refractivity contribution < 1.29 is 4.74 Å². The molecule has 0 aliphatic carbocycles. The molecule has 0 aliphatic rings. The van der Waals surface area contributed by atoms with Crippen LogP contribution in [0.4, 0.5) is 0 Å². The van der Waals surface area contributed by atoms with Crippen LogP contribution in [0, 0.1) is 12.3 Å². The Kier molecular flexibility index (Phi) is 2.96. The third-order valence-corrected chi connectivity index (χ3v) is 2.16. The zero-order valence-corrected chi connectivity index (χ0v) is 9.38. The SMILES string of the molecule is C#CC(C)(C)Oc1nc[nH]c(=O)c1Br. The van der Waals surface area contributed by atoms with E-state index < -0.39 is 5.60 Å². The van der Waals surface area contributed by atoms with Crippen LogP contribution < -0.4 is 10.3 Å². The zero-order chi connectivity index (χ0) is 10.8. The van der Waals surface area contributed by atoms with E-state index in [2.05, 4.69) is 31.8 Å². The van der Waals surface area contributed by atoms with Gasteiger partial charge in [-0.3, -0.25) is 4.79 Å². The Morgan fingerprint density at radius 1 is 1.71 bits per heavy atom. The van der Waals surface area contributed by atoms with Crippen molar-refractivity contribution in [2.75, 3.05) is 0 Å². The minimum atomic E-state index is -0.788. The molecule has 1 aromatic rings. The van der Waals surface area contributed by atoms with E-state index in [0.29, 0.717) is 0 Å². The predicted molar refractivity (Wildman–Crippen MR) is 56.1 cm³/mol. The van der Waals surface area contributed by atoms with Crippen LogP contribution in [-0.4, -0.2) is 15.6 Å². The van der Waals surface area contributed by atoms with Gasteiger partial charge in [-0.2, -0.15) is 0 Å². The molecule has 0 bridgehead atoms. The first-order valence-corrected chi connectivity index (χ1v) is 4.65. The molecule has 1 rings (SSSR count). The predicted octanol–water partition coefficient (Wildman–Crippen LogP) is 1.32. The largest absolute Gasteiger partial charge is 0.457 e. The van der Waals surface area contributed by atoms with E-state index in [1.165, 1.54) is 6.33 Å². The second-order valence-corrected chi connectivity index (χ2v) is 3.90. The van der Waals surface area contributed by atoms with Gasteiger partial charge in [0.25, 0.3) is 5.56 Å². The minimum absolute atomic E-state index is 0.191. The molecular weight excluding hydrogens is 248 g/mol. The van der Waals surface area contributed by atoms with Crippen molar-refractivity contribution in [2.24, 2.45) is 0 Å². The minimum Gasteiger partial charge on any atom is -0.457 e. The van der Waals surface area contributed by atoms with E-state index >= 15 is 0 Å². The summed E-state index contributed by atoms with van der Waals surface area (Å²) in [5.41, 5.74) is -1.09. The van der Waals surface area contributed by atoms with Crippen LogP contribution >= 0.6 is 15.9 Å². The highest BCUT2D eigenvalue weighted by atomic mass is 79.9. The number of ether oxygens (including phenoxy) is 1. The van der Waals surface area contributed by atoms with Crippen molar-refractivity contribution in [2.45, 2.75) is 19.4 Å². The molecule has 4 nitrogen and oxygen atoms in total. The molecule has 74 valence electrons. The zero-order valence-electron chi connectivity index (χ0n) is 7.80. The topological polar surface area (TPSA) is 55.0 Å². The number of terminal acetylenes is 1. The van der Waals surface area contributed by atoms with E-state index in [1.54, 1.807) is 13.8 Å². The van der Waals surface area contributed by atoms with Gasteiger partial charge in [-0.25, -0.2) is 4.98 Å². The van der Waals surface area contributed by atoms with Gasteiger partial charge in [0.1, 0.15) is 4.47 Å². The normalized spacial score (nSPS) is 10.7. The molecular formula is C9H9BrN2O2. The molecule has 0 saturated heterocycles. The second-order valence-electron chi connectivity index (χ2n) is 3.11. The van der Waals surface area contributed by atoms with Crippen molar-refractivity contribution in [1.29, 1.82) is 0 Å². The molecule has 0 saturated carbocycles. The van der Waals surface area contributed by atoms with Gasteiger partial charge in [-0.05, 0) is 29.8 Å². The van der Waals surface area contributed by atoms with Gasteiger partial charge in [0.05, 0.1) is 6.33 Å². The summed E-state index contributed by atoms with van der Waals surface area (Å²) in [6.07, 6.45) is 6.50. The smallest absolute Gasteiger partial charge is 0.268 e. The van der Waals surface area contributed by atoms with Crippen molar-refractivity contribution in [1.82, 2.24) is 9.97 Å². The van der Waals surface area contributed by atoms with Crippen molar-refractivity contribution >= 4 is 15.9 Å². The maximum absolute atomic E-state index is 11.1. The number of halogens is 1. The van der Waals surface area contributed by atoms with E-state index in [1.807, 2.05) is 0 Å². The number of nitrogens with one attached hydrogen (secondary N) is 1. The highest BCUT2D eigenvalue weighted by molar-refractivity contribution is 9.10. The first kappa shape index (κ1) is 10.8. The molecule has 0 spiro atoms. The third kappa shape index (κ3) is 2.36. The summed E-state index contributed by atoms with van der Waals surface area (Å²) in [4.78, 5) is 17.4. The van der Waals surface area contributed by atoms with Crippen LogP contribution in [0.25, 0.3) is 0 Å². The standard InChI is InChI=1S/C9H9BrN2O2/c1-4-9(2,3)14-8-6(10)7(13)11-5-12-8/h1,5H,2-3H3,(H,11,12,13). The molecule has 1 heterocycles. The fraction of sp³-hybridized carbons (Fsp3) is 0.333. The summed E-state index contributed by atoms with van der Waals surface area (Å²) < 4.78 is 5.59. The highest BCUT2D eigenvalue weighted by Crippen LogP contribution is 2.20. The lowest BCUT2D eigenvalue weighted by atomic mass is 10.1. The number of rotatable bonds is 2. The Morgan fingerprint density at radius 3 is 2.93 bits per heavy atom. The number of aromatic nitrogens is 2. The Labute approximate surface area is 89.8 Å². The van der Waals surface area contributed by atoms with Gasteiger partial charge in [-0.1, -0.05) is 5.92 Å². The number of hydrogen-bond acceptors (Lipinski definition) is 3. The lowest BCUT2D eigenvalue weighted by molar-refractivity contribution is 0.162. The number of hydrogen-bond donors (Lipinski definition) is 1. The maximum Gasteiger partial charge on any atom is 0.268 e. The van der Waals surface area contributed by atoms with Gasteiger partial charge in [0.2, 0.25) is 5.88 Å². The van der Waals surface area contributed by atoms with Gasteiger partial charge in [0.15, 0.2) is 5.60 Å². The molecule has 0 radical (unpaired) electrons. The van der Waals surface area contributed by atoms with Crippen LogP contribution in [0.3, 0.4) is 0 Å². The van der Waals surface area contributed by atoms with E-state index in [0.717, 1.165) is 0 Å². The van der Waals surface area contributed by atoms with Gasteiger partial charge >= 0.3 is 0 Å². The van der Waals surface area contributed by atoms with Crippen molar-refractivity contribution in [3.63, 3.8) is 0 Å². The van der Waals surface area contributed by atoms with Crippen LogP contribution in [0.1, 0.15) is 13.8 Å². The molecule has 14 heavy (non-hydrogen) atoms. The average molecular weight is 257 g/mol. The maximum atomic E-state index is 11.1. The first-order valence-electron chi connectivity index (χ1n) is 3.86. The lowest BCUT2D eigenvalue weighted by Gasteiger charge is -2.19. The third-order valence-electron chi connectivity index (χ3n) is 1.46. The Morgan fingerprint density at radius 2 is 2.36 bits per heavy atom. The molecule has 0 aromatic carbocycles. The van der Waals surface area contributed by atoms with E-state index in [9.17, 15) is 4.79 Å². The molecule has 0 aliphatic heterocycles. The Hall–Kier alpha value is -1.28. The summed E-state index contributed by atoms with van der Waals surface area (Å²) in [5, 5.41) is 0. The first-order chi connectivity index (χ1) is 6.46. The summed E-state index contributed by atoms with van der Waals surface area (Å²) in [6, 6.07) is 0.